The Morgan fingerprint density at radius 1 is 1.04 bits per heavy atom. The molecule has 1 aliphatic heterocycles. The molecule has 0 aliphatic carbocycles. The third-order valence-corrected chi connectivity index (χ3v) is 6.82. The molecule has 1 aliphatic rings. The summed E-state index contributed by atoms with van der Waals surface area (Å²) < 4.78 is 30.3. The van der Waals surface area contributed by atoms with E-state index in [-0.39, 0.29) is 23.9 Å². The summed E-state index contributed by atoms with van der Waals surface area (Å²) in [6, 6.07) is 11.9. The molecule has 1 saturated heterocycles. The van der Waals surface area contributed by atoms with Gasteiger partial charge in [-0.15, -0.1) is 0 Å². The molecule has 0 radical (unpaired) electrons. The van der Waals surface area contributed by atoms with Gasteiger partial charge in [0, 0.05) is 18.7 Å². The largest absolute Gasteiger partial charge is 0.497 e. The third-order valence-electron chi connectivity index (χ3n) is 4.72. The molecule has 0 unspecified atom stereocenters. The average Bonchev–Trinajstić information content (AvgIpc) is 2.55. The maximum atomic E-state index is 12.6. The van der Waals surface area contributed by atoms with Crippen molar-refractivity contribution in [2.24, 2.45) is 0 Å². The number of carbonyl (C=O) groups excluding carboxylic acids is 1. The van der Waals surface area contributed by atoms with Crippen LogP contribution in [0.4, 0.5) is 0 Å². The molecule has 6 heteroatoms. The zero-order valence-electron chi connectivity index (χ0n) is 14.5. The van der Waals surface area contributed by atoms with Gasteiger partial charge in [-0.3, -0.25) is 4.79 Å². The van der Waals surface area contributed by atoms with Crippen molar-refractivity contribution in [2.75, 3.05) is 20.2 Å². The number of hydrogen-bond acceptors (Lipinski definition) is 4. The maximum Gasteiger partial charge on any atom is 0.253 e. The van der Waals surface area contributed by atoms with Gasteiger partial charge in [-0.1, -0.05) is 6.07 Å². The maximum absolute atomic E-state index is 12.6. The number of carbonyl (C=O) groups is 1. The molecule has 0 spiro atoms. The molecule has 1 amide bonds. The molecular weight excluding hydrogens is 338 g/mol. The highest BCUT2D eigenvalue weighted by Gasteiger charge is 2.40. The van der Waals surface area contributed by atoms with Crippen molar-refractivity contribution in [3.05, 3.63) is 59.2 Å². The molecule has 5 nitrogen and oxygen atoms in total. The smallest absolute Gasteiger partial charge is 0.253 e. The number of benzene rings is 2. The van der Waals surface area contributed by atoms with Crippen LogP contribution in [0.15, 0.2) is 47.4 Å². The minimum atomic E-state index is -3.44. The van der Waals surface area contributed by atoms with Crippen LogP contribution in [0, 0.1) is 13.8 Å². The van der Waals surface area contributed by atoms with Crippen molar-refractivity contribution in [1.82, 2.24) is 4.90 Å². The van der Waals surface area contributed by atoms with Crippen LogP contribution in [-0.2, 0) is 9.84 Å². The van der Waals surface area contributed by atoms with Gasteiger partial charge in [0.2, 0.25) is 0 Å². The Hall–Kier alpha value is -2.34. The van der Waals surface area contributed by atoms with E-state index in [0.29, 0.717) is 11.3 Å². The predicted octanol–water partition coefficient (Wildman–Crippen LogP) is 2.61. The summed E-state index contributed by atoms with van der Waals surface area (Å²) >= 11 is 0. The number of hydrogen-bond donors (Lipinski definition) is 0. The lowest BCUT2D eigenvalue weighted by Crippen LogP contribution is -2.56. The fourth-order valence-corrected chi connectivity index (χ4v) is 4.47. The van der Waals surface area contributed by atoms with Crippen LogP contribution in [0.2, 0.25) is 0 Å². The van der Waals surface area contributed by atoms with Crippen molar-refractivity contribution in [2.45, 2.75) is 24.0 Å². The molecule has 25 heavy (non-hydrogen) atoms. The number of ether oxygens (including phenoxy) is 1. The van der Waals surface area contributed by atoms with Crippen LogP contribution < -0.4 is 4.74 Å². The summed E-state index contributed by atoms with van der Waals surface area (Å²) in [4.78, 5) is 14.3. The normalized spacial score (nSPS) is 14.9. The number of aryl methyl sites for hydroxylation is 2. The Balaban J connectivity index is 1.70. The SMILES string of the molecule is COc1ccc(S(=O)(=O)C2CN(C(=O)c3ccc(C)c(C)c3)C2)cc1. The Labute approximate surface area is 148 Å². The molecule has 0 N–H and O–H groups in total. The van der Waals surface area contributed by atoms with E-state index >= 15 is 0 Å². The van der Waals surface area contributed by atoms with Gasteiger partial charge in [0.15, 0.2) is 9.84 Å². The van der Waals surface area contributed by atoms with E-state index in [4.69, 9.17) is 4.74 Å². The summed E-state index contributed by atoms with van der Waals surface area (Å²) in [5.41, 5.74) is 2.78. The number of nitrogens with zero attached hydrogens (tertiary/aromatic N) is 1. The van der Waals surface area contributed by atoms with Crippen molar-refractivity contribution in [1.29, 1.82) is 0 Å². The van der Waals surface area contributed by atoms with Gasteiger partial charge < -0.3 is 9.64 Å². The standard InChI is InChI=1S/C19H21NO4S/c1-13-4-5-15(10-14(13)2)19(21)20-11-18(12-20)25(22,23)17-8-6-16(24-3)7-9-17/h4-10,18H,11-12H2,1-3H3. The van der Waals surface area contributed by atoms with Gasteiger partial charge in [-0.05, 0) is 61.4 Å². The second kappa shape index (κ2) is 6.52. The number of likely N-dealkylation sites (tertiary alicyclic amines) is 1. The number of methoxy groups -OCH3 is 1. The molecule has 1 heterocycles. The third kappa shape index (κ3) is 3.26. The summed E-state index contributed by atoms with van der Waals surface area (Å²) in [7, 11) is -1.91. The highest BCUT2D eigenvalue weighted by molar-refractivity contribution is 7.92. The first-order valence-corrected chi connectivity index (χ1v) is 9.62. The van der Waals surface area contributed by atoms with Crippen LogP contribution in [0.5, 0.6) is 5.75 Å². The minimum absolute atomic E-state index is 0.121. The lowest BCUT2D eigenvalue weighted by molar-refractivity contribution is 0.0659. The van der Waals surface area contributed by atoms with Gasteiger partial charge in [-0.2, -0.15) is 0 Å². The fourth-order valence-electron chi connectivity index (χ4n) is 2.82. The van der Waals surface area contributed by atoms with Crippen LogP contribution in [0.25, 0.3) is 0 Å². The van der Waals surface area contributed by atoms with Gasteiger partial charge in [0.1, 0.15) is 11.0 Å². The first kappa shape index (κ1) is 17.5. The second-order valence-electron chi connectivity index (χ2n) is 6.35. The molecule has 3 rings (SSSR count). The quantitative estimate of drug-likeness (QED) is 0.842. The van der Waals surface area contributed by atoms with Gasteiger partial charge in [0.05, 0.1) is 12.0 Å². The number of rotatable bonds is 4. The molecule has 2 aromatic rings. The molecule has 0 atom stereocenters. The van der Waals surface area contributed by atoms with E-state index in [0.717, 1.165) is 11.1 Å². The Kier molecular flexibility index (Phi) is 4.56. The van der Waals surface area contributed by atoms with Crippen LogP contribution in [-0.4, -0.2) is 44.7 Å². The first-order valence-electron chi connectivity index (χ1n) is 8.07. The van der Waals surface area contributed by atoms with Crippen LogP contribution in [0.1, 0.15) is 21.5 Å². The number of amides is 1. The Morgan fingerprint density at radius 3 is 2.24 bits per heavy atom. The molecular formula is C19H21NO4S. The average molecular weight is 359 g/mol. The van der Waals surface area contributed by atoms with E-state index in [1.807, 2.05) is 26.0 Å². The summed E-state index contributed by atoms with van der Waals surface area (Å²) in [5.74, 6) is 0.489. The predicted molar refractivity (Wildman–Crippen MR) is 95.8 cm³/mol. The molecule has 0 aromatic heterocycles. The van der Waals surface area contributed by atoms with Gasteiger partial charge in [0.25, 0.3) is 5.91 Å². The fraction of sp³-hybridized carbons (Fsp3) is 0.316. The lowest BCUT2D eigenvalue weighted by Gasteiger charge is -2.38. The van der Waals surface area contributed by atoms with Crippen LogP contribution >= 0.6 is 0 Å². The Morgan fingerprint density at radius 2 is 1.68 bits per heavy atom. The topological polar surface area (TPSA) is 63.7 Å². The van der Waals surface area contributed by atoms with Gasteiger partial charge >= 0.3 is 0 Å². The van der Waals surface area contributed by atoms with Gasteiger partial charge in [-0.25, -0.2) is 8.42 Å². The second-order valence-corrected chi connectivity index (χ2v) is 8.58. The highest BCUT2D eigenvalue weighted by atomic mass is 32.2. The number of sulfone groups is 1. The van der Waals surface area contributed by atoms with Crippen molar-refractivity contribution in [3.63, 3.8) is 0 Å². The molecule has 0 bridgehead atoms. The minimum Gasteiger partial charge on any atom is -0.497 e. The van der Waals surface area contributed by atoms with E-state index in [1.54, 1.807) is 35.2 Å². The lowest BCUT2D eigenvalue weighted by atomic mass is 10.0. The van der Waals surface area contributed by atoms with Crippen molar-refractivity contribution in [3.8, 4) is 5.75 Å². The highest BCUT2D eigenvalue weighted by Crippen LogP contribution is 2.26. The van der Waals surface area contributed by atoms with E-state index in [2.05, 4.69) is 0 Å². The zero-order chi connectivity index (χ0) is 18.2. The summed E-state index contributed by atoms with van der Waals surface area (Å²) in [6.07, 6.45) is 0. The first-order chi connectivity index (χ1) is 11.8. The molecule has 1 fully saturated rings. The summed E-state index contributed by atoms with van der Waals surface area (Å²) in [5, 5.41) is -0.559. The monoisotopic (exact) mass is 359 g/mol. The van der Waals surface area contributed by atoms with E-state index in [9.17, 15) is 13.2 Å². The molecule has 0 saturated carbocycles. The molecule has 132 valence electrons. The van der Waals surface area contributed by atoms with Crippen molar-refractivity contribution < 1.29 is 17.9 Å². The van der Waals surface area contributed by atoms with E-state index < -0.39 is 15.1 Å². The van der Waals surface area contributed by atoms with Crippen molar-refractivity contribution >= 4 is 15.7 Å². The summed E-state index contributed by atoms with van der Waals surface area (Å²) in [6.45, 7) is 4.39. The van der Waals surface area contributed by atoms with E-state index in [1.165, 1.54) is 7.11 Å². The zero-order valence-corrected chi connectivity index (χ0v) is 15.3. The Bertz CT molecular complexity index is 898. The van der Waals surface area contributed by atoms with Crippen LogP contribution in [0.3, 0.4) is 0 Å². The molecule has 2 aromatic carbocycles.